The SMILES string of the molecule is CC(=O)NC1CCCN(C(=O)c2cc(N)cn2C(C)C)C1. The number of nitrogens with zero attached hydrogens (tertiary/aromatic N) is 2. The zero-order chi connectivity index (χ0) is 15.6. The molecule has 2 heterocycles. The van der Waals surface area contributed by atoms with E-state index in [9.17, 15) is 9.59 Å². The number of hydrogen-bond donors (Lipinski definition) is 2. The topological polar surface area (TPSA) is 80.4 Å². The van der Waals surface area contributed by atoms with Crippen LogP contribution in [0, 0.1) is 0 Å². The number of aromatic nitrogens is 1. The standard InChI is InChI=1S/C15H24N4O2/c1-10(2)19-8-12(16)7-14(19)15(21)18-6-4-5-13(9-18)17-11(3)20/h7-8,10,13H,4-6,9,16H2,1-3H3,(H,17,20). The summed E-state index contributed by atoms with van der Waals surface area (Å²) >= 11 is 0. The highest BCUT2D eigenvalue weighted by molar-refractivity contribution is 5.94. The van der Waals surface area contributed by atoms with Gasteiger partial charge in [-0.05, 0) is 32.8 Å². The van der Waals surface area contributed by atoms with Crippen molar-refractivity contribution < 1.29 is 9.59 Å². The van der Waals surface area contributed by atoms with Crippen molar-refractivity contribution in [2.75, 3.05) is 18.8 Å². The van der Waals surface area contributed by atoms with E-state index in [0.29, 0.717) is 17.9 Å². The Hall–Kier alpha value is -1.98. The second-order valence-electron chi connectivity index (χ2n) is 5.95. The van der Waals surface area contributed by atoms with Crippen molar-refractivity contribution in [1.82, 2.24) is 14.8 Å². The summed E-state index contributed by atoms with van der Waals surface area (Å²) in [6, 6.07) is 1.95. The van der Waals surface area contributed by atoms with Gasteiger partial charge in [-0.1, -0.05) is 0 Å². The number of amides is 2. The lowest BCUT2D eigenvalue weighted by atomic mass is 10.1. The average molecular weight is 292 g/mol. The van der Waals surface area contributed by atoms with E-state index in [1.165, 1.54) is 6.92 Å². The Balaban J connectivity index is 2.14. The molecule has 0 spiro atoms. The highest BCUT2D eigenvalue weighted by atomic mass is 16.2. The molecule has 6 nitrogen and oxygen atoms in total. The molecule has 0 saturated carbocycles. The van der Waals surface area contributed by atoms with Crippen molar-refractivity contribution >= 4 is 17.5 Å². The maximum Gasteiger partial charge on any atom is 0.270 e. The van der Waals surface area contributed by atoms with Crippen LogP contribution in [0.5, 0.6) is 0 Å². The largest absolute Gasteiger partial charge is 0.397 e. The quantitative estimate of drug-likeness (QED) is 0.883. The molecule has 1 atom stereocenters. The molecule has 2 amide bonds. The van der Waals surface area contributed by atoms with Crippen LogP contribution in [-0.4, -0.2) is 40.4 Å². The van der Waals surface area contributed by atoms with Gasteiger partial charge in [-0.2, -0.15) is 0 Å². The van der Waals surface area contributed by atoms with Crippen LogP contribution in [-0.2, 0) is 4.79 Å². The first-order valence-corrected chi connectivity index (χ1v) is 7.42. The Morgan fingerprint density at radius 1 is 1.43 bits per heavy atom. The molecule has 1 saturated heterocycles. The van der Waals surface area contributed by atoms with Gasteiger partial charge in [0.15, 0.2) is 0 Å². The number of nitrogen functional groups attached to an aromatic ring is 1. The third kappa shape index (κ3) is 3.56. The predicted molar refractivity (Wildman–Crippen MR) is 82.0 cm³/mol. The molecule has 2 rings (SSSR count). The number of piperidine rings is 1. The number of rotatable bonds is 3. The van der Waals surface area contributed by atoms with Gasteiger partial charge in [0.25, 0.3) is 5.91 Å². The Morgan fingerprint density at radius 2 is 2.14 bits per heavy atom. The molecular formula is C15H24N4O2. The molecule has 116 valence electrons. The molecule has 0 aliphatic carbocycles. The Kier molecular flexibility index (Phi) is 4.55. The third-order valence-corrected chi connectivity index (χ3v) is 3.76. The van der Waals surface area contributed by atoms with Crippen LogP contribution in [0.1, 0.15) is 50.1 Å². The second-order valence-corrected chi connectivity index (χ2v) is 5.95. The molecule has 21 heavy (non-hydrogen) atoms. The van der Waals surface area contributed by atoms with Crippen LogP contribution in [0.15, 0.2) is 12.3 Å². The lowest BCUT2D eigenvalue weighted by Gasteiger charge is -2.33. The molecule has 6 heteroatoms. The van der Waals surface area contributed by atoms with Crippen LogP contribution in [0.3, 0.4) is 0 Å². The summed E-state index contributed by atoms with van der Waals surface area (Å²) in [6.07, 6.45) is 3.61. The van der Waals surface area contributed by atoms with Gasteiger partial charge in [0.05, 0.1) is 5.69 Å². The summed E-state index contributed by atoms with van der Waals surface area (Å²) in [5.41, 5.74) is 7.05. The van der Waals surface area contributed by atoms with E-state index in [4.69, 9.17) is 5.73 Å². The summed E-state index contributed by atoms with van der Waals surface area (Å²) in [5.74, 6) is -0.0699. The van der Waals surface area contributed by atoms with Crippen molar-refractivity contribution in [2.24, 2.45) is 0 Å². The van der Waals surface area contributed by atoms with E-state index in [2.05, 4.69) is 5.32 Å². The first kappa shape index (κ1) is 15.4. The minimum absolute atomic E-state index is 0.0181. The maximum absolute atomic E-state index is 12.7. The van der Waals surface area contributed by atoms with Crippen molar-refractivity contribution in [3.05, 3.63) is 18.0 Å². The van der Waals surface area contributed by atoms with Crippen LogP contribution in [0.4, 0.5) is 5.69 Å². The van der Waals surface area contributed by atoms with Crippen LogP contribution < -0.4 is 11.1 Å². The van der Waals surface area contributed by atoms with Gasteiger partial charge in [-0.3, -0.25) is 9.59 Å². The number of likely N-dealkylation sites (tertiary alicyclic amines) is 1. The summed E-state index contributed by atoms with van der Waals surface area (Å²) in [6.45, 7) is 6.82. The first-order valence-electron chi connectivity index (χ1n) is 7.42. The molecule has 0 bridgehead atoms. The minimum atomic E-state index is -0.0518. The molecule has 1 aliphatic heterocycles. The number of nitrogens with two attached hydrogens (primary N) is 1. The number of hydrogen-bond acceptors (Lipinski definition) is 3. The van der Waals surface area contributed by atoms with Gasteiger partial charge in [0.1, 0.15) is 5.69 Å². The summed E-state index contributed by atoms with van der Waals surface area (Å²) in [4.78, 5) is 25.7. The fraction of sp³-hybridized carbons (Fsp3) is 0.600. The highest BCUT2D eigenvalue weighted by Gasteiger charge is 2.27. The van der Waals surface area contributed by atoms with E-state index in [-0.39, 0.29) is 23.9 Å². The summed E-state index contributed by atoms with van der Waals surface area (Å²) in [7, 11) is 0. The van der Waals surface area contributed by atoms with Crippen LogP contribution in [0.25, 0.3) is 0 Å². The van der Waals surface area contributed by atoms with Gasteiger partial charge < -0.3 is 20.5 Å². The van der Waals surface area contributed by atoms with Crippen molar-refractivity contribution in [1.29, 1.82) is 0 Å². The van der Waals surface area contributed by atoms with E-state index >= 15 is 0 Å². The van der Waals surface area contributed by atoms with Gasteiger partial charge in [0, 0.05) is 38.3 Å². The highest BCUT2D eigenvalue weighted by Crippen LogP contribution is 2.20. The fourth-order valence-corrected chi connectivity index (χ4v) is 2.83. The average Bonchev–Trinajstić information content (AvgIpc) is 2.80. The Bertz CT molecular complexity index is 536. The zero-order valence-corrected chi connectivity index (χ0v) is 12.9. The number of nitrogens with one attached hydrogen (secondary N) is 1. The van der Waals surface area contributed by atoms with Gasteiger partial charge in [-0.25, -0.2) is 0 Å². The lowest BCUT2D eigenvalue weighted by molar-refractivity contribution is -0.120. The molecule has 0 radical (unpaired) electrons. The Labute approximate surface area is 125 Å². The van der Waals surface area contributed by atoms with E-state index in [1.807, 2.05) is 18.4 Å². The van der Waals surface area contributed by atoms with Gasteiger partial charge >= 0.3 is 0 Å². The number of carbonyl (C=O) groups excluding carboxylic acids is 2. The van der Waals surface area contributed by atoms with Gasteiger partial charge in [0.2, 0.25) is 5.91 Å². The smallest absolute Gasteiger partial charge is 0.270 e. The Morgan fingerprint density at radius 3 is 2.76 bits per heavy atom. The molecule has 1 fully saturated rings. The zero-order valence-electron chi connectivity index (χ0n) is 12.9. The fourth-order valence-electron chi connectivity index (χ4n) is 2.83. The van der Waals surface area contributed by atoms with E-state index < -0.39 is 0 Å². The molecular weight excluding hydrogens is 268 g/mol. The third-order valence-electron chi connectivity index (χ3n) is 3.76. The van der Waals surface area contributed by atoms with Crippen molar-refractivity contribution in [3.8, 4) is 0 Å². The summed E-state index contributed by atoms with van der Waals surface area (Å²) in [5, 5.41) is 2.90. The maximum atomic E-state index is 12.7. The lowest BCUT2D eigenvalue weighted by Crippen LogP contribution is -2.49. The monoisotopic (exact) mass is 292 g/mol. The second kappa shape index (κ2) is 6.20. The van der Waals surface area contributed by atoms with Gasteiger partial charge in [-0.15, -0.1) is 0 Å². The van der Waals surface area contributed by atoms with Crippen LogP contribution in [0.2, 0.25) is 0 Å². The minimum Gasteiger partial charge on any atom is -0.397 e. The van der Waals surface area contributed by atoms with Crippen molar-refractivity contribution in [2.45, 2.75) is 45.7 Å². The number of anilines is 1. The van der Waals surface area contributed by atoms with Crippen LogP contribution >= 0.6 is 0 Å². The first-order chi connectivity index (χ1) is 9.88. The van der Waals surface area contributed by atoms with E-state index in [0.717, 1.165) is 19.4 Å². The molecule has 1 unspecified atom stereocenters. The normalized spacial score (nSPS) is 18.9. The molecule has 3 N–H and O–H groups in total. The van der Waals surface area contributed by atoms with Crippen molar-refractivity contribution in [3.63, 3.8) is 0 Å². The van der Waals surface area contributed by atoms with E-state index in [1.54, 1.807) is 17.2 Å². The molecule has 1 aliphatic rings. The number of carbonyl (C=O) groups is 2. The predicted octanol–water partition coefficient (Wildman–Crippen LogP) is 1.39. The molecule has 1 aromatic heterocycles. The molecule has 1 aromatic rings. The molecule has 0 aromatic carbocycles. The summed E-state index contributed by atoms with van der Waals surface area (Å²) < 4.78 is 1.90.